The molecule has 0 unspecified atom stereocenters. The second-order valence-corrected chi connectivity index (χ2v) is 10.1. The van der Waals surface area contributed by atoms with Crippen molar-refractivity contribution in [2.45, 2.75) is 22.5 Å². The van der Waals surface area contributed by atoms with E-state index in [1.54, 1.807) is 0 Å². The molecule has 0 N–H and O–H groups in total. The fourth-order valence-electron chi connectivity index (χ4n) is 4.93. The van der Waals surface area contributed by atoms with E-state index in [9.17, 15) is 29.3 Å². The lowest BCUT2D eigenvalue weighted by molar-refractivity contribution is -0.384. The van der Waals surface area contributed by atoms with E-state index >= 15 is 0 Å². The Morgan fingerprint density at radius 2 is 1.74 bits per heavy atom. The highest BCUT2D eigenvalue weighted by molar-refractivity contribution is 9.12. The van der Waals surface area contributed by atoms with Crippen molar-refractivity contribution in [2.75, 3.05) is 13.2 Å². The number of rotatable bonds is 7. The molecule has 0 aromatic heterocycles. The predicted molar refractivity (Wildman–Crippen MR) is 114 cm³/mol. The Morgan fingerprint density at radius 1 is 1.13 bits per heavy atom. The monoisotopic (exact) mass is 556 g/mol. The predicted octanol–water partition coefficient (Wildman–Crippen LogP) is 2.49. The molecule has 0 radical (unpaired) electrons. The zero-order valence-corrected chi connectivity index (χ0v) is 19.3. The molecule has 1 aliphatic heterocycles. The van der Waals surface area contributed by atoms with Crippen LogP contribution in [0.5, 0.6) is 0 Å². The average molecular weight is 558 g/mol. The van der Waals surface area contributed by atoms with Crippen LogP contribution in [-0.4, -0.2) is 56.2 Å². The first-order valence-electron chi connectivity index (χ1n) is 9.77. The third-order valence-electron chi connectivity index (χ3n) is 6.36. The van der Waals surface area contributed by atoms with Gasteiger partial charge < -0.3 is 4.74 Å². The SMILES string of the molecule is O=C(CCN1C(=O)[C@@H]2[C@H]3C[C@@H]([C@@H](Br)[C@H]3Br)[C@H]2C1=O)OCC(=O)c1cccc([N+](=O)[O-])c1. The van der Waals surface area contributed by atoms with Crippen LogP contribution in [0.1, 0.15) is 23.2 Å². The number of nitrogens with zero attached hydrogens (tertiary/aromatic N) is 2. The van der Waals surface area contributed by atoms with Crippen LogP contribution in [0.2, 0.25) is 0 Å². The number of benzene rings is 1. The summed E-state index contributed by atoms with van der Waals surface area (Å²) in [6, 6.07) is 5.13. The van der Waals surface area contributed by atoms with Crippen molar-refractivity contribution in [3.05, 3.63) is 39.9 Å². The summed E-state index contributed by atoms with van der Waals surface area (Å²) in [5.41, 5.74) is -0.178. The van der Waals surface area contributed by atoms with Crippen molar-refractivity contribution >= 4 is 61.1 Å². The van der Waals surface area contributed by atoms with E-state index in [-0.39, 0.29) is 69.4 Å². The highest BCUT2D eigenvalue weighted by atomic mass is 79.9. The largest absolute Gasteiger partial charge is 0.457 e. The molecule has 31 heavy (non-hydrogen) atoms. The quantitative estimate of drug-likeness (QED) is 0.126. The molecule has 2 aliphatic carbocycles. The molecule has 2 amide bonds. The fraction of sp³-hybridized carbons (Fsp3) is 0.500. The van der Waals surface area contributed by atoms with E-state index in [1.807, 2.05) is 0 Å². The van der Waals surface area contributed by atoms with Crippen molar-refractivity contribution in [2.24, 2.45) is 23.7 Å². The highest BCUT2D eigenvalue weighted by Crippen LogP contribution is 2.60. The van der Waals surface area contributed by atoms with Crippen molar-refractivity contribution in [1.29, 1.82) is 0 Å². The van der Waals surface area contributed by atoms with Gasteiger partial charge >= 0.3 is 5.97 Å². The summed E-state index contributed by atoms with van der Waals surface area (Å²) in [6.07, 6.45) is 0.609. The number of nitro groups is 1. The van der Waals surface area contributed by atoms with Gasteiger partial charge in [-0.25, -0.2) is 0 Å². The zero-order valence-electron chi connectivity index (χ0n) is 16.1. The van der Waals surface area contributed by atoms with Crippen molar-refractivity contribution in [3.63, 3.8) is 0 Å². The van der Waals surface area contributed by atoms with Gasteiger partial charge in [0.2, 0.25) is 17.6 Å². The Hall–Kier alpha value is -2.14. The minimum absolute atomic E-state index is 0.0591. The van der Waals surface area contributed by atoms with E-state index in [4.69, 9.17) is 4.74 Å². The molecule has 1 aromatic carbocycles. The number of likely N-dealkylation sites (tertiary alicyclic amines) is 1. The molecule has 1 heterocycles. The number of fused-ring (bicyclic) bond motifs is 5. The Balaban J connectivity index is 1.30. The third-order valence-corrected chi connectivity index (χ3v) is 9.57. The first kappa shape index (κ1) is 22.1. The Bertz CT molecular complexity index is 952. The maximum atomic E-state index is 12.8. The maximum absolute atomic E-state index is 12.8. The molecule has 1 aromatic rings. The van der Waals surface area contributed by atoms with E-state index < -0.39 is 23.3 Å². The van der Waals surface area contributed by atoms with Gasteiger partial charge in [-0.3, -0.25) is 34.2 Å². The van der Waals surface area contributed by atoms with E-state index in [2.05, 4.69) is 31.9 Å². The van der Waals surface area contributed by atoms with Crippen LogP contribution < -0.4 is 0 Å². The summed E-state index contributed by atoms with van der Waals surface area (Å²) in [4.78, 5) is 61.4. The van der Waals surface area contributed by atoms with Crippen LogP contribution >= 0.6 is 31.9 Å². The van der Waals surface area contributed by atoms with Gasteiger partial charge in [0.15, 0.2) is 6.61 Å². The summed E-state index contributed by atoms with van der Waals surface area (Å²) >= 11 is 7.24. The zero-order chi connectivity index (χ0) is 22.4. The van der Waals surface area contributed by atoms with Crippen molar-refractivity contribution < 1.29 is 28.8 Å². The lowest BCUT2D eigenvalue weighted by Gasteiger charge is -2.28. The molecular weight excluding hydrogens is 540 g/mol. The number of halogens is 2. The maximum Gasteiger partial charge on any atom is 0.308 e. The molecule has 11 heteroatoms. The van der Waals surface area contributed by atoms with E-state index in [1.165, 1.54) is 18.2 Å². The summed E-state index contributed by atoms with van der Waals surface area (Å²) in [5, 5.41) is 10.8. The van der Waals surface area contributed by atoms with Crippen molar-refractivity contribution in [1.82, 2.24) is 4.90 Å². The lowest BCUT2D eigenvalue weighted by atomic mass is 9.81. The standard InChI is InChI=1S/C20H18Br2N2O7/c21-17-11-7-12(18(17)22)16-15(11)19(27)23(20(16)28)5-4-14(26)31-8-13(25)9-2-1-3-10(6-9)24(29)30/h1-3,6,11-12,15-18H,4-5,7-8H2/t11-,12-,15-,16-,17-,18+/m1/s1. The molecule has 3 fully saturated rings. The highest BCUT2D eigenvalue weighted by Gasteiger charge is 2.66. The van der Waals surface area contributed by atoms with Gasteiger partial charge in [0, 0.05) is 33.9 Å². The fourth-order valence-corrected chi connectivity index (χ4v) is 6.80. The van der Waals surface area contributed by atoms with Gasteiger partial charge in [-0.1, -0.05) is 44.0 Å². The number of carbonyl (C=O) groups is 4. The summed E-state index contributed by atoms with van der Waals surface area (Å²) in [5.74, 6) is -2.29. The number of amides is 2. The van der Waals surface area contributed by atoms with Crippen LogP contribution in [0, 0.1) is 33.8 Å². The summed E-state index contributed by atoms with van der Waals surface area (Å²) in [7, 11) is 0. The second kappa shape index (κ2) is 8.42. The number of hydrogen-bond acceptors (Lipinski definition) is 7. The Morgan fingerprint density at radius 3 is 2.32 bits per heavy atom. The number of hydrogen-bond donors (Lipinski definition) is 0. The second-order valence-electron chi connectivity index (χ2n) is 7.97. The molecule has 2 saturated carbocycles. The van der Waals surface area contributed by atoms with Crippen LogP contribution in [0.3, 0.4) is 0 Å². The summed E-state index contributed by atoms with van der Waals surface area (Å²) in [6.45, 7) is -0.665. The van der Waals surface area contributed by atoms with Gasteiger partial charge in [0.25, 0.3) is 5.69 Å². The number of Topliss-reactive ketones (excluding diaryl/α,β-unsaturated/α-hetero) is 1. The van der Waals surface area contributed by atoms with E-state index in [0.717, 1.165) is 17.4 Å². The summed E-state index contributed by atoms with van der Waals surface area (Å²) < 4.78 is 4.95. The number of non-ortho nitro benzene ring substituents is 1. The smallest absolute Gasteiger partial charge is 0.308 e. The van der Waals surface area contributed by atoms with E-state index in [0.29, 0.717) is 0 Å². The van der Waals surface area contributed by atoms with Crippen LogP contribution in [0.4, 0.5) is 5.69 Å². The third kappa shape index (κ3) is 3.82. The first-order valence-corrected chi connectivity index (χ1v) is 11.6. The molecular formula is C20H18Br2N2O7. The molecule has 4 rings (SSSR count). The number of esters is 1. The molecule has 3 aliphatic rings. The number of imide groups is 1. The molecule has 1 saturated heterocycles. The Labute approximate surface area is 193 Å². The minimum atomic E-state index is -0.726. The minimum Gasteiger partial charge on any atom is -0.457 e. The first-order chi connectivity index (χ1) is 14.7. The average Bonchev–Trinajstić information content (AvgIpc) is 3.35. The number of ketones is 1. The van der Waals surface area contributed by atoms with Crippen LogP contribution in [0.15, 0.2) is 24.3 Å². The van der Waals surface area contributed by atoms with Gasteiger partial charge in [-0.2, -0.15) is 0 Å². The van der Waals surface area contributed by atoms with Crippen LogP contribution in [-0.2, 0) is 19.1 Å². The molecule has 0 spiro atoms. The molecule has 6 atom stereocenters. The normalized spacial score (nSPS) is 31.1. The molecule has 9 nitrogen and oxygen atoms in total. The van der Waals surface area contributed by atoms with Gasteiger partial charge in [0.1, 0.15) is 0 Å². The van der Waals surface area contributed by atoms with Crippen LogP contribution in [0.25, 0.3) is 0 Å². The molecule has 2 bridgehead atoms. The number of carbonyl (C=O) groups excluding carboxylic acids is 4. The molecule has 164 valence electrons. The number of alkyl halides is 2. The number of nitro benzene ring substituents is 1. The van der Waals surface area contributed by atoms with Gasteiger partial charge in [-0.05, 0) is 18.3 Å². The topological polar surface area (TPSA) is 124 Å². The van der Waals surface area contributed by atoms with Gasteiger partial charge in [0.05, 0.1) is 23.2 Å². The van der Waals surface area contributed by atoms with Crippen molar-refractivity contribution in [3.8, 4) is 0 Å². The number of ether oxygens (including phenoxy) is 1. The van der Waals surface area contributed by atoms with Gasteiger partial charge in [-0.15, -0.1) is 0 Å². The Kier molecular flexibility index (Phi) is 5.99. The lowest BCUT2D eigenvalue weighted by Crippen LogP contribution is -2.37.